The van der Waals surface area contributed by atoms with E-state index in [1.165, 1.54) is 48.3 Å². The minimum absolute atomic E-state index is 0.101. The summed E-state index contributed by atoms with van der Waals surface area (Å²) in [5.74, 6) is -1.27. The second kappa shape index (κ2) is 7.01. The highest BCUT2D eigenvalue weighted by Crippen LogP contribution is 2.38. The molecule has 2 aliphatic rings. The maximum Gasteiger partial charge on any atom is 0.280 e. The highest BCUT2D eigenvalue weighted by Gasteiger charge is 2.26. The van der Waals surface area contributed by atoms with E-state index >= 15 is 0 Å². The number of quaternary nitrogens is 1. The zero-order valence-electron chi connectivity index (χ0n) is 13.6. The molecule has 0 aliphatic heterocycles. The number of aryl methyl sites for hydroxylation is 1. The van der Waals surface area contributed by atoms with Crippen molar-refractivity contribution in [2.24, 2.45) is 0 Å². The van der Waals surface area contributed by atoms with Gasteiger partial charge in [0, 0.05) is 10.4 Å². The van der Waals surface area contributed by atoms with E-state index in [2.05, 4.69) is 12.4 Å². The summed E-state index contributed by atoms with van der Waals surface area (Å²) >= 11 is 1.41. The molecule has 0 spiro atoms. The van der Waals surface area contributed by atoms with Gasteiger partial charge in [0.1, 0.15) is 5.00 Å². The van der Waals surface area contributed by atoms with Crippen LogP contribution in [0.5, 0.6) is 0 Å². The number of thiophene rings is 1. The van der Waals surface area contributed by atoms with E-state index in [1.54, 1.807) is 0 Å². The normalized spacial score (nSPS) is 19.3. The summed E-state index contributed by atoms with van der Waals surface area (Å²) in [5.41, 5.74) is 1.09. The Balaban J connectivity index is 1.65. The first-order valence-electron chi connectivity index (χ1n) is 8.54. The van der Waals surface area contributed by atoms with Gasteiger partial charge in [-0.1, -0.05) is 6.42 Å². The molecule has 6 heteroatoms. The molecule has 23 heavy (non-hydrogen) atoms. The van der Waals surface area contributed by atoms with E-state index in [4.69, 9.17) is 0 Å². The highest BCUT2D eigenvalue weighted by atomic mass is 32.1. The molecule has 5 nitrogen and oxygen atoms in total. The van der Waals surface area contributed by atoms with Crippen LogP contribution in [-0.4, -0.2) is 31.5 Å². The minimum atomic E-state index is -1.17. The maximum atomic E-state index is 12.3. The third-order valence-corrected chi connectivity index (χ3v) is 6.33. The minimum Gasteiger partial charge on any atom is -0.545 e. The molecule has 0 aromatic carbocycles. The molecule has 126 valence electrons. The zero-order valence-corrected chi connectivity index (χ0v) is 14.4. The number of likely N-dealkylation sites (N-methyl/N-ethyl adjacent to an activating group) is 1. The van der Waals surface area contributed by atoms with Crippen molar-refractivity contribution in [3.05, 3.63) is 16.0 Å². The number of rotatable bonds is 5. The van der Waals surface area contributed by atoms with Gasteiger partial charge in [-0.15, -0.1) is 11.3 Å². The molecule has 1 unspecified atom stereocenters. The predicted molar refractivity (Wildman–Crippen MR) is 87.9 cm³/mol. The van der Waals surface area contributed by atoms with Crippen LogP contribution < -0.4 is 15.3 Å². The fourth-order valence-corrected chi connectivity index (χ4v) is 5.17. The average molecular weight is 336 g/mol. The number of carbonyl (C=O) groups excluding carboxylic acids is 2. The molecule has 2 aliphatic carbocycles. The quantitative estimate of drug-likeness (QED) is 0.817. The van der Waals surface area contributed by atoms with E-state index in [9.17, 15) is 14.7 Å². The average Bonchev–Trinajstić information content (AvgIpc) is 3.07. The lowest BCUT2D eigenvalue weighted by Gasteiger charge is -2.27. The lowest BCUT2D eigenvalue weighted by molar-refractivity contribution is -0.899. The number of carboxylic acid groups (broad SMARTS) is 1. The van der Waals surface area contributed by atoms with Crippen LogP contribution in [0.3, 0.4) is 0 Å². The van der Waals surface area contributed by atoms with E-state index in [0.29, 0.717) is 17.6 Å². The third-order valence-electron chi connectivity index (χ3n) is 5.12. The lowest BCUT2D eigenvalue weighted by Crippen LogP contribution is -3.14. The number of carboxylic acids is 1. The van der Waals surface area contributed by atoms with Crippen LogP contribution in [0.2, 0.25) is 0 Å². The van der Waals surface area contributed by atoms with Gasteiger partial charge >= 0.3 is 0 Å². The number of carbonyl (C=O) groups is 2. The highest BCUT2D eigenvalue weighted by molar-refractivity contribution is 7.17. The van der Waals surface area contributed by atoms with Crippen molar-refractivity contribution < 1.29 is 19.6 Å². The molecular weight excluding hydrogens is 312 g/mol. The van der Waals surface area contributed by atoms with Gasteiger partial charge in [0.25, 0.3) is 5.91 Å². The summed E-state index contributed by atoms with van der Waals surface area (Å²) in [6, 6.07) is 0.545. The molecule has 0 bridgehead atoms. The number of hydrogen-bond acceptors (Lipinski definition) is 4. The molecule has 1 atom stereocenters. The van der Waals surface area contributed by atoms with Crippen LogP contribution in [0.25, 0.3) is 0 Å². The van der Waals surface area contributed by atoms with Crippen molar-refractivity contribution in [2.75, 3.05) is 18.9 Å². The molecule has 0 radical (unpaired) electrons. The van der Waals surface area contributed by atoms with Crippen molar-refractivity contribution in [2.45, 2.75) is 57.4 Å². The van der Waals surface area contributed by atoms with E-state index in [-0.39, 0.29) is 11.5 Å². The Morgan fingerprint density at radius 2 is 1.96 bits per heavy atom. The molecule has 1 amide bonds. The van der Waals surface area contributed by atoms with Crippen molar-refractivity contribution in [1.29, 1.82) is 0 Å². The maximum absolute atomic E-state index is 12.3. The van der Waals surface area contributed by atoms with Crippen LogP contribution in [-0.2, 0) is 17.6 Å². The SMILES string of the molecule is C[NH+](CC(=O)Nc1sc2c(c1C(=O)[O-])CCC2)C1CCCCC1. The van der Waals surface area contributed by atoms with Crippen LogP contribution in [0.15, 0.2) is 0 Å². The van der Waals surface area contributed by atoms with Crippen molar-refractivity contribution >= 4 is 28.2 Å². The van der Waals surface area contributed by atoms with Crippen molar-refractivity contribution in [3.63, 3.8) is 0 Å². The van der Waals surface area contributed by atoms with Gasteiger partial charge in [-0.2, -0.15) is 0 Å². The molecule has 1 aromatic heterocycles. The Labute approximate surface area is 140 Å². The van der Waals surface area contributed by atoms with Crippen LogP contribution in [0.4, 0.5) is 5.00 Å². The summed E-state index contributed by atoms with van der Waals surface area (Å²) in [6.45, 7) is 0.389. The van der Waals surface area contributed by atoms with Gasteiger partial charge in [0.05, 0.1) is 19.1 Å². The molecule has 3 rings (SSSR count). The Hall–Kier alpha value is -1.40. The third kappa shape index (κ3) is 3.58. The summed E-state index contributed by atoms with van der Waals surface area (Å²) in [7, 11) is 2.06. The number of aromatic carboxylic acids is 1. The second-order valence-corrected chi connectivity index (χ2v) is 7.86. The fourth-order valence-electron chi connectivity index (χ4n) is 3.87. The Bertz CT molecular complexity index is 605. The van der Waals surface area contributed by atoms with Gasteiger partial charge in [-0.25, -0.2) is 0 Å². The van der Waals surface area contributed by atoms with Gasteiger partial charge < -0.3 is 20.1 Å². The second-order valence-electron chi connectivity index (χ2n) is 6.76. The first-order valence-corrected chi connectivity index (χ1v) is 9.36. The summed E-state index contributed by atoms with van der Waals surface area (Å²) < 4.78 is 0. The van der Waals surface area contributed by atoms with E-state index in [0.717, 1.165) is 29.7 Å². The first kappa shape index (κ1) is 16.5. The Morgan fingerprint density at radius 1 is 1.22 bits per heavy atom. The molecule has 1 heterocycles. The number of amides is 1. The van der Waals surface area contributed by atoms with E-state index in [1.807, 2.05) is 0 Å². The summed E-state index contributed by atoms with van der Waals surface area (Å²) in [4.78, 5) is 26.1. The monoisotopic (exact) mass is 336 g/mol. The van der Waals surface area contributed by atoms with E-state index < -0.39 is 5.97 Å². The summed E-state index contributed by atoms with van der Waals surface area (Å²) in [6.07, 6.45) is 8.82. The number of anilines is 1. The van der Waals surface area contributed by atoms with Gasteiger partial charge in [0.2, 0.25) is 0 Å². The van der Waals surface area contributed by atoms with Crippen molar-refractivity contribution in [1.82, 2.24) is 0 Å². The lowest BCUT2D eigenvalue weighted by atomic mass is 9.94. The van der Waals surface area contributed by atoms with Crippen LogP contribution >= 0.6 is 11.3 Å². The number of hydrogen-bond donors (Lipinski definition) is 2. The molecule has 1 aromatic rings. The Kier molecular flexibility index (Phi) is 5.02. The largest absolute Gasteiger partial charge is 0.545 e. The standard InChI is InChI=1S/C17H24N2O3S/c1-19(11-6-3-2-4-7-11)10-14(20)18-16-15(17(21)22)12-8-5-9-13(12)23-16/h11H,2-10H2,1H3,(H,18,20)(H,21,22). The van der Waals surface area contributed by atoms with Crippen molar-refractivity contribution in [3.8, 4) is 0 Å². The molecule has 2 N–H and O–H groups in total. The Morgan fingerprint density at radius 3 is 2.65 bits per heavy atom. The molecular formula is C17H24N2O3S. The fraction of sp³-hybridized carbons (Fsp3) is 0.647. The molecule has 1 fully saturated rings. The van der Waals surface area contributed by atoms with Crippen LogP contribution in [0, 0.1) is 0 Å². The zero-order chi connectivity index (χ0) is 16.4. The number of fused-ring (bicyclic) bond motifs is 1. The molecule has 0 saturated heterocycles. The smallest absolute Gasteiger partial charge is 0.280 e. The predicted octanol–water partition coefficient (Wildman–Crippen LogP) is 0.386. The topological polar surface area (TPSA) is 73.7 Å². The van der Waals surface area contributed by atoms with Gasteiger partial charge in [0.15, 0.2) is 6.54 Å². The van der Waals surface area contributed by atoms with Crippen LogP contribution in [0.1, 0.15) is 59.3 Å². The number of nitrogens with one attached hydrogen (secondary N) is 2. The van der Waals surface area contributed by atoms with Gasteiger partial charge in [-0.3, -0.25) is 4.79 Å². The first-order chi connectivity index (χ1) is 11.1. The van der Waals surface area contributed by atoms with Gasteiger partial charge in [-0.05, 0) is 50.5 Å². The molecule has 1 saturated carbocycles. The summed E-state index contributed by atoms with van der Waals surface area (Å²) in [5, 5.41) is 14.7.